The molecule has 0 saturated carbocycles. The van der Waals surface area contributed by atoms with E-state index in [1.54, 1.807) is 12.1 Å². The molecule has 1 aromatic carbocycles. The first-order valence-corrected chi connectivity index (χ1v) is 4.48. The number of nitrogens with two attached hydrogens (primary N) is 1. The molecule has 0 radical (unpaired) electrons. The van der Waals surface area contributed by atoms with Gasteiger partial charge in [0.2, 0.25) is 0 Å². The summed E-state index contributed by atoms with van der Waals surface area (Å²) in [5.74, 6) is 0.424. The Morgan fingerprint density at radius 2 is 2.31 bits per heavy atom. The maximum Gasteiger partial charge on any atom is 0.262 e. The van der Waals surface area contributed by atoms with Gasteiger partial charge in [-0.2, -0.15) is 0 Å². The first-order chi connectivity index (χ1) is 6.16. The van der Waals surface area contributed by atoms with Gasteiger partial charge in [-0.05, 0) is 12.1 Å². The summed E-state index contributed by atoms with van der Waals surface area (Å²) in [4.78, 5) is 11.0. The highest BCUT2D eigenvalue weighted by atomic mass is 79.9. The van der Waals surface area contributed by atoms with E-state index in [0.717, 1.165) is 4.47 Å². The minimum atomic E-state index is -0.179. The van der Waals surface area contributed by atoms with E-state index >= 15 is 0 Å². The number of benzene rings is 1. The van der Waals surface area contributed by atoms with Gasteiger partial charge in [0, 0.05) is 4.47 Å². The normalized spacial score (nSPS) is 14.4. The third-order valence-corrected chi connectivity index (χ3v) is 2.18. The lowest BCUT2D eigenvalue weighted by Crippen LogP contribution is -2.26. The van der Waals surface area contributed by atoms with E-state index in [1.807, 2.05) is 0 Å². The predicted octanol–water partition coefficient (Wildman–Crippen LogP) is 1.36. The van der Waals surface area contributed by atoms with Gasteiger partial charge in [-0.1, -0.05) is 15.9 Å². The van der Waals surface area contributed by atoms with Gasteiger partial charge in [0.05, 0.1) is 5.69 Å². The van der Waals surface area contributed by atoms with Crippen LogP contribution in [-0.2, 0) is 4.79 Å². The van der Waals surface area contributed by atoms with Gasteiger partial charge >= 0.3 is 0 Å². The second-order valence-corrected chi connectivity index (χ2v) is 3.62. The van der Waals surface area contributed by atoms with Gasteiger partial charge in [0.1, 0.15) is 11.4 Å². The summed E-state index contributed by atoms with van der Waals surface area (Å²) in [6.07, 6.45) is 0. The number of hydrogen-bond acceptors (Lipinski definition) is 3. The molecule has 3 N–H and O–H groups in total. The van der Waals surface area contributed by atoms with Crippen molar-refractivity contribution in [2.45, 2.75) is 0 Å². The van der Waals surface area contributed by atoms with E-state index in [2.05, 4.69) is 21.2 Å². The van der Waals surface area contributed by atoms with Crippen LogP contribution in [0.15, 0.2) is 16.6 Å². The molecule has 0 spiro atoms. The molecule has 1 heterocycles. The van der Waals surface area contributed by atoms with E-state index in [-0.39, 0.29) is 12.5 Å². The van der Waals surface area contributed by atoms with Crippen LogP contribution < -0.4 is 15.8 Å². The number of halogens is 1. The second-order valence-electron chi connectivity index (χ2n) is 2.71. The molecular formula is C8H7BrN2O2. The molecule has 68 valence electrons. The lowest BCUT2D eigenvalue weighted by atomic mass is 10.2. The summed E-state index contributed by atoms with van der Waals surface area (Å²) >= 11 is 3.28. The highest BCUT2D eigenvalue weighted by Gasteiger charge is 2.18. The van der Waals surface area contributed by atoms with Gasteiger partial charge in [0.15, 0.2) is 6.61 Å². The molecule has 1 aromatic rings. The quantitative estimate of drug-likeness (QED) is 0.676. The molecule has 4 nitrogen and oxygen atoms in total. The lowest BCUT2D eigenvalue weighted by molar-refractivity contribution is -0.118. The Hall–Kier alpha value is -1.23. The number of nitrogens with one attached hydrogen (secondary N) is 1. The van der Waals surface area contributed by atoms with Crippen LogP contribution in [0.3, 0.4) is 0 Å². The van der Waals surface area contributed by atoms with Crippen molar-refractivity contribution in [3.05, 3.63) is 16.6 Å². The summed E-state index contributed by atoms with van der Waals surface area (Å²) in [5, 5.41) is 2.65. The van der Waals surface area contributed by atoms with E-state index in [0.29, 0.717) is 17.1 Å². The maximum atomic E-state index is 11.0. The minimum Gasteiger partial charge on any atom is -0.481 e. The Labute approximate surface area is 83.2 Å². The summed E-state index contributed by atoms with van der Waals surface area (Å²) in [5.41, 5.74) is 6.73. The fourth-order valence-electron chi connectivity index (χ4n) is 1.17. The Kier molecular flexibility index (Phi) is 1.88. The molecule has 0 saturated heterocycles. The number of carbonyl (C=O) groups excluding carboxylic acids is 1. The van der Waals surface area contributed by atoms with Crippen molar-refractivity contribution in [2.75, 3.05) is 17.7 Å². The standard InChI is InChI=1S/C8H7BrN2O2/c9-4-1-5(10)8-6(2-4)13-3-7(12)11-8/h1-2H,3,10H2,(H,11,12). The van der Waals surface area contributed by atoms with Crippen LogP contribution in [0.5, 0.6) is 5.75 Å². The molecule has 0 atom stereocenters. The molecule has 0 aliphatic carbocycles. The Morgan fingerprint density at radius 1 is 1.54 bits per heavy atom. The van der Waals surface area contributed by atoms with Crippen LogP contribution >= 0.6 is 15.9 Å². The molecule has 1 aliphatic rings. The van der Waals surface area contributed by atoms with E-state index in [1.165, 1.54) is 0 Å². The van der Waals surface area contributed by atoms with Crippen molar-refractivity contribution in [3.8, 4) is 5.75 Å². The Bertz CT molecular complexity index is 379. The van der Waals surface area contributed by atoms with Crippen molar-refractivity contribution in [1.29, 1.82) is 0 Å². The largest absolute Gasteiger partial charge is 0.481 e. The van der Waals surface area contributed by atoms with Crippen LogP contribution in [0.1, 0.15) is 0 Å². The van der Waals surface area contributed by atoms with Gasteiger partial charge < -0.3 is 15.8 Å². The fourth-order valence-corrected chi connectivity index (χ4v) is 1.62. The van der Waals surface area contributed by atoms with Crippen LogP contribution in [0, 0.1) is 0 Å². The number of anilines is 2. The molecule has 2 rings (SSSR count). The first kappa shape index (κ1) is 8.37. The average Bonchev–Trinajstić information content (AvgIpc) is 2.06. The number of amides is 1. The highest BCUT2D eigenvalue weighted by Crippen LogP contribution is 2.36. The minimum absolute atomic E-state index is 0.0445. The van der Waals surface area contributed by atoms with Crippen molar-refractivity contribution >= 4 is 33.2 Å². The summed E-state index contributed by atoms with van der Waals surface area (Å²) in [6, 6.07) is 3.49. The average molecular weight is 243 g/mol. The van der Waals surface area contributed by atoms with Gasteiger partial charge in [-0.25, -0.2) is 0 Å². The van der Waals surface area contributed by atoms with Crippen molar-refractivity contribution in [2.24, 2.45) is 0 Å². The first-order valence-electron chi connectivity index (χ1n) is 3.68. The number of rotatable bonds is 0. The Morgan fingerprint density at radius 3 is 3.08 bits per heavy atom. The zero-order chi connectivity index (χ0) is 9.42. The molecule has 1 aliphatic heterocycles. The van der Waals surface area contributed by atoms with Crippen LogP contribution in [-0.4, -0.2) is 12.5 Å². The zero-order valence-corrected chi connectivity index (χ0v) is 8.22. The van der Waals surface area contributed by atoms with E-state index in [4.69, 9.17) is 10.5 Å². The monoisotopic (exact) mass is 242 g/mol. The fraction of sp³-hybridized carbons (Fsp3) is 0.125. The molecule has 0 fully saturated rings. The molecule has 0 aromatic heterocycles. The number of carbonyl (C=O) groups is 1. The highest BCUT2D eigenvalue weighted by molar-refractivity contribution is 9.10. The van der Waals surface area contributed by atoms with Crippen molar-refractivity contribution in [3.63, 3.8) is 0 Å². The molecule has 13 heavy (non-hydrogen) atoms. The maximum absolute atomic E-state index is 11.0. The topological polar surface area (TPSA) is 64.3 Å². The number of ether oxygens (including phenoxy) is 1. The summed E-state index contributed by atoms with van der Waals surface area (Å²) in [7, 11) is 0. The number of nitrogen functional groups attached to an aromatic ring is 1. The summed E-state index contributed by atoms with van der Waals surface area (Å²) < 4.78 is 6.01. The number of hydrogen-bond donors (Lipinski definition) is 2. The predicted molar refractivity (Wildman–Crippen MR) is 52.7 cm³/mol. The van der Waals surface area contributed by atoms with E-state index in [9.17, 15) is 4.79 Å². The molecule has 1 amide bonds. The van der Waals surface area contributed by atoms with Gasteiger partial charge in [-0.3, -0.25) is 4.79 Å². The van der Waals surface area contributed by atoms with E-state index < -0.39 is 0 Å². The van der Waals surface area contributed by atoms with Crippen molar-refractivity contribution < 1.29 is 9.53 Å². The number of fused-ring (bicyclic) bond motifs is 1. The molecular weight excluding hydrogens is 236 g/mol. The molecule has 0 unspecified atom stereocenters. The third-order valence-electron chi connectivity index (χ3n) is 1.72. The van der Waals surface area contributed by atoms with Crippen LogP contribution in [0.2, 0.25) is 0 Å². The SMILES string of the molecule is Nc1cc(Br)cc2c1NC(=O)CO2. The zero-order valence-electron chi connectivity index (χ0n) is 6.63. The van der Waals surface area contributed by atoms with Crippen molar-refractivity contribution in [1.82, 2.24) is 0 Å². The molecule has 5 heteroatoms. The third kappa shape index (κ3) is 1.47. The van der Waals surface area contributed by atoms with Crippen LogP contribution in [0.4, 0.5) is 11.4 Å². The van der Waals surface area contributed by atoms with Crippen LogP contribution in [0.25, 0.3) is 0 Å². The second kappa shape index (κ2) is 2.92. The smallest absolute Gasteiger partial charge is 0.262 e. The molecule has 0 bridgehead atoms. The van der Waals surface area contributed by atoms with Gasteiger partial charge in [-0.15, -0.1) is 0 Å². The lowest BCUT2D eigenvalue weighted by Gasteiger charge is -2.19. The van der Waals surface area contributed by atoms with Gasteiger partial charge in [0.25, 0.3) is 5.91 Å². The summed E-state index contributed by atoms with van der Waals surface area (Å²) in [6.45, 7) is 0.0445. The Balaban J connectivity index is 2.53.